The molecule has 4 aliphatic rings. The number of nitrogens with zero attached hydrogens (tertiary/aromatic N) is 3. The molecule has 0 radical (unpaired) electrons. The zero-order chi connectivity index (χ0) is 21.2. The van der Waals surface area contributed by atoms with E-state index in [9.17, 15) is 9.59 Å². The quantitative estimate of drug-likeness (QED) is 0.798. The van der Waals surface area contributed by atoms with Crippen molar-refractivity contribution in [3.05, 3.63) is 27.4 Å². The largest absolute Gasteiger partial charge is 0.381 e. The molecule has 1 aliphatic carbocycles. The summed E-state index contributed by atoms with van der Waals surface area (Å²) in [6, 6.07) is 0.651. The summed E-state index contributed by atoms with van der Waals surface area (Å²) in [5.74, 6) is 1.94. The second-order valence-electron chi connectivity index (χ2n) is 9.95. The van der Waals surface area contributed by atoms with Crippen molar-refractivity contribution in [2.24, 2.45) is 5.92 Å². The van der Waals surface area contributed by atoms with E-state index in [1.165, 1.54) is 25.7 Å². The molecule has 1 saturated carbocycles. The van der Waals surface area contributed by atoms with Gasteiger partial charge in [0.1, 0.15) is 5.82 Å². The maximum Gasteiger partial charge on any atom is 0.256 e. The molecule has 4 heterocycles. The molecule has 2 saturated heterocycles. The van der Waals surface area contributed by atoms with E-state index >= 15 is 0 Å². The van der Waals surface area contributed by atoms with E-state index in [-0.39, 0.29) is 11.5 Å². The number of rotatable bonds is 4. The second-order valence-corrected chi connectivity index (χ2v) is 9.95. The Labute approximate surface area is 184 Å². The van der Waals surface area contributed by atoms with Gasteiger partial charge < -0.3 is 19.5 Å². The molecule has 0 atom stereocenters. The summed E-state index contributed by atoms with van der Waals surface area (Å²) < 4.78 is 5.50. The molecule has 1 aromatic heterocycles. The van der Waals surface area contributed by atoms with E-state index < -0.39 is 0 Å². The van der Waals surface area contributed by atoms with Crippen LogP contribution in [0.5, 0.6) is 0 Å². The number of carbonyl (C=O) groups is 1. The highest BCUT2D eigenvalue weighted by atomic mass is 16.5. The summed E-state index contributed by atoms with van der Waals surface area (Å²) in [5, 5.41) is 0. The molecule has 3 fully saturated rings. The minimum atomic E-state index is -0.0368. The summed E-state index contributed by atoms with van der Waals surface area (Å²) in [5.41, 5.74) is 1.58. The predicted molar refractivity (Wildman–Crippen MR) is 118 cm³/mol. The Hall–Kier alpha value is -1.73. The number of likely N-dealkylation sites (tertiary alicyclic amines) is 1. The van der Waals surface area contributed by atoms with Crippen LogP contribution in [0.3, 0.4) is 0 Å². The van der Waals surface area contributed by atoms with Crippen LogP contribution in [-0.2, 0) is 22.5 Å². The van der Waals surface area contributed by atoms with Gasteiger partial charge in [-0.15, -0.1) is 0 Å². The van der Waals surface area contributed by atoms with Crippen molar-refractivity contribution in [3.63, 3.8) is 0 Å². The molecule has 170 valence electrons. The lowest BCUT2D eigenvalue weighted by atomic mass is 9.93. The molecule has 3 aliphatic heterocycles. The summed E-state index contributed by atoms with van der Waals surface area (Å²) in [7, 11) is 0. The van der Waals surface area contributed by atoms with Crippen LogP contribution in [0.2, 0.25) is 0 Å². The molecular formula is C24H36N4O3. The van der Waals surface area contributed by atoms with E-state index in [2.05, 4.69) is 9.88 Å². The Morgan fingerprint density at radius 2 is 1.77 bits per heavy atom. The molecular weight excluding hydrogens is 392 g/mol. The van der Waals surface area contributed by atoms with Gasteiger partial charge in [0.25, 0.3) is 5.56 Å². The van der Waals surface area contributed by atoms with E-state index in [4.69, 9.17) is 9.72 Å². The summed E-state index contributed by atoms with van der Waals surface area (Å²) in [4.78, 5) is 38.1. The number of H-pyrrole nitrogens is 1. The van der Waals surface area contributed by atoms with E-state index in [0.717, 1.165) is 63.5 Å². The molecule has 1 amide bonds. The minimum Gasteiger partial charge on any atom is -0.381 e. The number of carbonyl (C=O) groups excluding carboxylic acids is 1. The number of hydrogen-bond acceptors (Lipinski definition) is 5. The van der Waals surface area contributed by atoms with Crippen molar-refractivity contribution in [1.82, 2.24) is 19.8 Å². The van der Waals surface area contributed by atoms with Gasteiger partial charge in [-0.3, -0.25) is 9.59 Å². The first-order valence-electron chi connectivity index (χ1n) is 12.4. The molecule has 0 aromatic carbocycles. The number of ether oxygens (including phenoxy) is 1. The monoisotopic (exact) mass is 428 g/mol. The molecule has 31 heavy (non-hydrogen) atoms. The highest BCUT2D eigenvalue weighted by molar-refractivity contribution is 5.76. The third kappa shape index (κ3) is 4.72. The zero-order valence-electron chi connectivity index (χ0n) is 18.6. The SMILES string of the molecule is O=C(CC1CCCC1)N1CCc2nc(C3CCN(C4CCOCC4)CC3)[nH]c(=O)c2C1. The number of nitrogens with one attached hydrogen (secondary N) is 1. The summed E-state index contributed by atoms with van der Waals surface area (Å²) in [6.45, 7) is 5.01. The lowest BCUT2D eigenvalue weighted by Gasteiger charge is -2.39. The van der Waals surface area contributed by atoms with E-state index in [1.54, 1.807) is 0 Å². The third-order valence-electron chi connectivity index (χ3n) is 8.00. The highest BCUT2D eigenvalue weighted by Crippen LogP contribution is 2.30. The van der Waals surface area contributed by atoms with Crippen LogP contribution in [-0.4, -0.2) is 64.6 Å². The highest BCUT2D eigenvalue weighted by Gasteiger charge is 2.31. The predicted octanol–water partition coefficient (Wildman–Crippen LogP) is 2.59. The molecule has 7 nitrogen and oxygen atoms in total. The molecule has 1 N–H and O–H groups in total. The Morgan fingerprint density at radius 3 is 2.52 bits per heavy atom. The summed E-state index contributed by atoms with van der Waals surface area (Å²) >= 11 is 0. The fraction of sp³-hybridized carbons (Fsp3) is 0.792. The zero-order valence-corrected chi connectivity index (χ0v) is 18.6. The van der Waals surface area contributed by atoms with Crippen molar-refractivity contribution < 1.29 is 9.53 Å². The first-order chi connectivity index (χ1) is 15.2. The molecule has 1 aromatic rings. The molecule has 0 unspecified atom stereocenters. The number of amides is 1. The van der Waals surface area contributed by atoms with Crippen LogP contribution >= 0.6 is 0 Å². The van der Waals surface area contributed by atoms with Gasteiger partial charge in [0.05, 0.1) is 17.8 Å². The fourth-order valence-corrected chi connectivity index (χ4v) is 6.03. The van der Waals surface area contributed by atoms with Gasteiger partial charge in [-0.05, 0) is 57.5 Å². The van der Waals surface area contributed by atoms with Crippen LogP contribution in [0.15, 0.2) is 4.79 Å². The van der Waals surface area contributed by atoms with Crippen molar-refractivity contribution in [3.8, 4) is 0 Å². The first-order valence-corrected chi connectivity index (χ1v) is 12.4. The maximum atomic E-state index is 12.9. The van der Waals surface area contributed by atoms with Crippen molar-refractivity contribution in [2.75, 3.05) is 32.8 Å². The molecule has 7 heteroatoms. The van der Waals surface area contributed by atoms with Crippen LogP contribution in [0.4, 0.5) is 0 Å². The maximum absolute atomic E-state index is 12.9. The first kappa shape index (κ1) is 21.1. The normalized spacial score (nSPS) is 24.5. The standard InChI is InChI=1S/C24H36N4O3/c29-22(15-17-3-1-2-4-17)28-12-7-21-20(16-28)24(30)26-23(25-21)18-5-10-27(11-6-18)19-8-13-31-14-9-19/h17-19H,1-16H2,(H,25,26,30). The van der Waals surface area contributed by atoms with E-state index in [1.807, 2.05) is 4.90 Å². The average molecular weight is 429 g/mol. The van der Waals surface area contributed by atoms with Crippen molar-refractivity contribution in [1.29, 1.82) is 0 Å². The smallest absolute Gasteiger partial charge is 0.256 e. The Morgan fingerprint density at radius 1 is 1.03 bits per heavy atom. The molecule has 5 rings (SSSR count). The number of fused-ring (bicyclic) bond motifs is 1. The summed E-state index contributed by atoms with van der Waals surface area (Å²) in [6.07, 6.45) is 10.6. The van der Waals surface area contributed by atoms with Gasteiger partial charge in [-0.25, -0.2) is 4.98 Å². The molecule has 0 spiro atoms. The van der Waals surface area contributed by atoms with Crippen molar-refractivity contribution in [2.45, 2.75) is 82.7 Å². The number of piperidine rings is 1. The van der Waals surface area contributed by atoms with Crippen LogP contribution in [0, 0.1) is 5.92 Å². The Balaban J connectivity index is 1.21. The Bertz CT molecular complexity index is 834. The number of aromatic amines is 1. The lowest BCUT2D eigenvalue weighted by molar-refractivity contribution is -0.133. The van der Waals surface area contributed by atoms with E-state index in [0.29, 0.717) is 49.4 Å². The third-order valence-corrected chi connectivity index (χ3v) is 8.00. The van der Waals surface area contributed by atoms with Crippen LogP contribution < -0.4 is 5.56 Å². The van der Waals surface area contributed by atoms with Gasteiger partial charge in [0, 0.05) is 44.6 Å². The van der Waals surface area contributed by atoms with Crippen LogP contribution in [0.1, 0.15) is 80.8 Å². The fourth-order valence-electron chi connectivity index (χ4n) is 6.03. The van der Waals surface area contributed by atoms with Crippen LogP contribution in [0.25, 0.3) is 0 Å². The minimum absolute atomic E-state index is 0.0368. The van der Waals surface area contributed by atoms with Gasteiger partial charge in [-0.1, -0.05) is 12.8 Å². The topological polar surface area (TPSA) is 78.5 Å². The van der Waals surface area contributed by atoms with Gasteiger partial charge in [0.2, 0.25) is 5.91 Å². The van der Waals surface area contributed by atoms with Gasteiger partial charge >= 0.3 is 0 Å². The molecule has 0 bridgehead atoms. The lowest BCUT2D eigenvalue weighted by Crippen LogP contribution is -2.44. The second kappa shape index (κ2) is 9.41. The number of hydrogen-bond donors (Lipinski definition) is 1. The van der Waals surface area contributed by atoms with Gasteiger partial charge in [0.15, 0.2) is 0 Å². The number of aromatic nitrogens is 2. The van der Waals surface area contributed by atoms with Crippen molar-refractivity contribution >= 4 is 5.91 Å². The Kier molecular flexibility index (Phi) is 6.41. The average Bonchev–Trinajstić information content (AvgIpc) is 3.32. The van der Waals surface area contributed by atoms with Gasteiger partial charge in [-0.2, -0.15) is 0 Å².